The van der Waals surface area contributed by atoms with Gasteiger partial charge in [0.2, 0.25) is 0 Å². The highest BCUT2D eigenvalue weighted by Gasteiger charge is 2.19. The Morgan fingerprint density at radius 3 is 2.95 bits per heavy atom. The van der Waals surface area contributed by atoms with Crippen molar-refractivity contribution in [1.29, 1.82) is 0 Å². The highest BCUT2D eigenvalue weighted by molar-refractivity contribution is 7.12. The number of hydrogen-bond donors (Lipinski definition) is 1. The maximum atomic E-state index is 3.84. The van der Waals surface area contributed by atoms with Crippen molar-refractivity contribution in [3.63, 3.8) is 0 Å². The fourth-order valence-electron chi connectivity index (χ4n) is 4.00. The number of rotatable bonds is 5. The summed E-state index contributed by atoms with van der Waals surface area (Å²) in [5.74, 6) is 1.01. The summed E-state index contributed by atoms with van der Waals surface area (Å²) in [4.78, 5) is 3.25. The van der Waals surface area contributed by atoms with Crippen LogP contribution in [-0.4, -0.2) is 6.04 Å². The molecule has 0 radical (unpaired) electrons. The van der Waals surface area contributed by atoms with Crippen LogP contribution in [0.5, 0.6) is 0 Å². The molecule has 1 fully saturated rings. The monoisotopic (exact) mass is 291 g/mol. The molecular formula is C18H29NS. The molecule has 2 heteroatoms. The highest BCUT2D eigenvalue weighted by atomic mass is 32.1. The second-order valence-electron chi connectivity index (χ2n) is 6.76. The first-order valence-corrected chi connectivity index (χ1v) is 9.50. The Morgan fingerprint density at radius 2 is 2.10 bits per heavy atom. The first-order chi connectivity index (χ1) is 9.85. The molecule has 0 spiro atoms. The summed E-state index contributed by atoms with van der Waals surface area (Å²) in [6, 6.07) is 3.24. The van der Waals surface area contributed by atoms with Crippen LogP contribution in [0.3, 0.4) is 0 Å². The predicted octanol–water partition coefficient (Wildman–Crippen LogP) is 5.08. The average Bonchev–Trinajstić information content (AvgIpc) is 2.94. The average molecular weight is 292 g/mol. The van der Waals surface area contributed by atoms with Gasteiger partial charge in [-0.1, -0.05) is 32.6 Å². The Balaban J connectivity index is 1.46. The van der Waals surface area contributed by atoms with Crippen molar-refractivity contribution in [2.75, 3.05) is 0 Å². The molecule has 2 atom stereocenters. The van der Waals surface area contributed by atoms with Crippen molar-refractivity contribution in [2.24, 2.45) is 5.92 Å². The number of fused-ring (bicyclic) bond motifs is 1. The smallest absolute Gasteiger partial charge is 0.0302 e. The molecule has 1 aromatic rings. The number of thiophene rings is 1. The van der Waals surface area contributed by atoms with Gasteiger partial charge in [0, 0.05) is 22.3 Å². The lowest BCUT2D eigenvalue weighted by molar-refractivity contribution is 0.410. The molecular weight excluding hydrogens is 262 g/mol. The van der Waals surface area contributed by atoms with Gasteiger partial charge in [0.1, 0.15) is 0 Å². The van der Waals surface area contributed by atoms with Crippen molar-refractivity contribution in [3.8, 4) is 0 Å². The van der Waals surface area contributed by atoms with Crippen LogP contribution in [0, 0.1) is 5.92 Å². The molecule has 2 aliphatic carbocycles. The summed E-state index contributed by atoms with van der Waals surface area (Å²) < 4.78 is 0. The first-order valence-electron chi connectivity index (χ1n) is 8.69. The van der Waals surface area contributed by atoms with Crippen molar-refractivity contribution >= 4 is 11.3 Å². The number of hydrogen-bond acceptors (Lipinski definition) is 2. The van der Waals surface area contributed by atoms with E-state index in [1.54, 1.807) is 15.3 Å². The van der Waals surface area contributed by atoms with E-state index in [1.807, 2.05) is 0 Å². The predicted molar refractivity (Wildman–Crippen MR) is 88.5 cm³/mol. The molecule has 20 heavy (non-hydrogen) atoms. The summed E-state index contributed by atoms with van der Waals surface area (Å²) >= 11 is 2.06. The molecule has 0 amide bonds. The molecule has 1 aromatic heterocycles. The third kappa shape index (κ3) is 3.65. The zero-order valence-corrected chi connectivity index (χ0v) is 13.7. The molecule has 3 rings (SSSR count). The van der Waals surface area contributed by atoms with Gasteiger partial charge >= 0.3 is 0 Å². The maximum Gasteiger partial charge on any atom is 0.0302 e. The Hall–Kier alpha value is -0.340. The lowest BCUT2D eigenvalue weighted by atomic mass is 9.95. The molecule has 1 nitrogen and oxygen atoms in total. The molecule has 0 aromatic carbocycles. The van der Waals surface area contributed by atoms with E-state index in [2.05, 4.69) is 29.6 Å². The van der Waals surface area contributed by atoms with E-state index < -0.39 is 0 Å². The van der Waals surface area contributed by atoms with Crippen molar-refractivity contribution in [1.82, 2.24) is 5.32 Å². The van der Waals surface area contributed by atoms with Gasteiger partial charge in [-0.2, -0.15) is 0 Å². The summed E-state index contributed by atoms with van der Waals surface area (Å²) in [7, 11) is 0. The molecule has 2 aliphatic rings. The quantitative estimate of drug-likeness (QED) is 0.746. The van der Waals surface area contributed by atoms with Crippen LogP contribution in [0.1, 0.15) is 73.6 Å². The molecule has 0 saturated heterocycles. The minimum Gasteiger partial charge on any atom is -0.309 e. The van der Waals surface area contributed by atoms with Gasteiger partial charge in [0.15, 0.2) is 0 Å². The Kier molecular flexibility index (Phi) is 5.17. The lowest BCUT2D eigenvalue weighted by Gasteiger charge is -2.16. The van der Waals surface area contributed by atoms with E-state index >= 15 is 0 Å². The fourth-order valence-corrected chi connectivity index (χ4v) is 5.21. The van der Waals surface area contributed by atoms with Crippen LogP contribution in [-0.2, 0) is 19.4 Å². The SMILES string of the molecule is CCCC1CCCC(NCc2cc3c(s2)CCC3)CC1. The van der Waals surface area contributed by atoms with E-state index in [1.165, 1.54) is 64.2 Å². The Labute approximate surface area is 128 Å². The van der Waals surface area contributed by atoms with Crippen LogP contribution in [0.2, 0.25) is 0 Å². The highest BCUT2D eigenvalue weighted by Crippen LogP contribution is 2.31. The van der Waals surface area contributed by atoms with Crippen LogP contribution in [0.4, 0.5) is 0 Å². The van der Waals surface area contributed by atoms with Gasteiger partial charge in [-0.25, -0.2) is 0 Å². The molecule has 2 unspecified atom stereocenters. The van der Waals surface area contributed by atoms with Gasteiger partial charge in [-0.15, -0.1) is 11.3 Å². The maximum absolute atomic E-state index is 3.84. The molecule has 112 valence electrons. The van der Waals surface area contributed by atoms with E-state index in [0.717, 1.165) is 18.5 Å². The fraction of sp³-hybridized carbons (Fsp3) is 0.778. The number of nitrogens with one attached hydrogen (secondary N) is 1. The topological polar surface area (TPSA) is 12.0 Å². The normalized spacial score (nSPS) is 26.4. The summed E-state index contributed by atoms with van der Waals surface area (Å²) in [6.45, 7) is 3.44. The van der Waals surface area contributed by atoms with Gasteiger partial charge in [0.25, 0.3) is 0 Å². The second kappa shape index (κ2) is 7.09. The summed E-state index contributed by atoms with van der Waals surface area (Å²) in [5.41, 5.74) is 1.65. The van der Waals surface area contributed by atoms with E-state index in [4.69, 9.17) is 0 Å². The van der Waals surface area contributed by atoms with Crippen LogP contribution >= 0.6 is 11.3 Å². The van der Waals surface area contributed by atoms with Crippen molar-refractivity contribution < 1.29 is 0 Å². The molecule has 1 saturated carbocycles. The minimum atomic E-state index is 0.772. The summed E-state index contributed by atoms with van der Waals surface area (Å²) in [6.07, 6.45) is 14.0. The molecule has 1 heterocycles. The standard InChI is InChI=1S/C18H29NS/c1-2-5-14-6-3-8-16(11-10-14)19-13-17-12-15-7-4-9-18(15)20-17/h12,14,16,19H,2-11,13H2,1H3. The third-order valence-electron chi connectivity index (χ3n) is 5.15. The van der Waals surface area contributed by atoms with Gasteiger partial charge in [-0.3, -0.25) is 0 Å². The van der Waals surface area contributed by atoms with Gasteiger partial charge in [0.05, 0.1) is 0 Å². The number of aryl methyl sites for hydroxylation is 2. The Bertz CT molecular complexity index is 402. The Morgan fingerprint density at radius 1 is 1.15 bits per heavy atom. The largest absolute Gasteiger partial charge is 0.309 e. The first kappa shape index (κ1) is 14.6. The van der Waals surface area contributed by atoms with Crippen molar-refractivity contribution in [2.45, 2.75) is 83.7 Å². The van der Waals surface area contributed by atoms with Crippen LogP contribution < -0.4 is 5.32 Å². The van der Waals surface area contributed by atoms with Crippen LogP contribution in [0.15, 0.2) is 6.07 Å². The van der Waals surface area contributed by atoms with Crippen molar-refractivity contribution in [3.05, 3.63) is 21.4 Å². The zero-order valence-electron chi connectivity index (χ0n) is 12.9. The molecule has 1 N–H and O–H groups in total. The molecule has 0 bridgehead atoms. The zero-order chi connectivity index (χ0) is 13.8. The van der Waals surface area contributed by atoms with E-state index in [9.17, 15) is 0 Å². The molecule has 0 aliphatic heterocycles. The second-order valence-corrected chi connectivity index (χ2v) is 7.98. The third-order valence-corrected chi connectivity index (χ3v) is 6.38. The minimum absolute atomic E-state index is 0.772. The van der Waals surface area contributed by atoms with Gasteiger partial charge < -0.3 is 5.32 Å². The van der Waals surface area contributed by atoms with Crippen LogP contribution in [0.25, 0.3) is 0 Å². The summed E-state index contributed by atoms with van der Waals surface area (Å²) in [5, 5.41) is 3.84. The van der Waals surface area contributed by atoms with Gasteiger partial charge in [-0.05, 0) is 56.1 Å². The lowest BCUT2D eigenvalue weighted by Crippen LogP contribution is -2.27. The van der Waals surface area contributed by atoms with E-state index in [-0.39, 0.29) is 0 Å². The van der Waals surface area contributed by atoms with E-state index in [0.29, 0.717) is 0 Å².